The van der Waals surface area contributed by atoms with Crippen LogP contribution in [-0.2, 0) is 0 Å². The Hall–Kier alpha value is -2.53. The summed E-state index contributed by atoms with van der Waals surface area (Å²) < 4.78 is 0. The topological polar surface area (TPSA) is 30.5 Å². The van der Waals surface area contributed by atoms with Gasteiger partial charge in [0.25, 0.3) is 0 Å². The third-order valence-corrected chi connectivity index (χ3v) is 5.47. The first-order chi connectivity index (χ1) is 12.7. The van der Waals surface area contributed by atoms with Gasteiger partial charge in [-0.1, -0.05) is 36.4 Å². The standard InChI is InChI=1S/C21H24N4S/c1-16-15-24(18-7-3-2-4-8-18)11-12-25(16)21(26)23-14-17-13-22-20-10-6-5-9-19(17)20/h2-10,14,16,22H,11-13,15H2,1H3,(H,23,26)/b17-14-. The highest BCUT2D eigenvalue weighted by Crippen LogP contribution is 2.29. The Morgan fingerprint density at radius 1 is 1.12 bits per heavy atom. The lowest BCUT2D eigenvalue weighted by molar-refractivity contribution is 0.297. The maximum absolute atomic E-state index is 5.67. The molecule has 1 atom stereocenters. The van der Waals surface area contributed by atoms with Gasteiger partial charge >= 0.3 is 0 Å². The molecular weight excluding hydrogens is 340 g/mol. The monoisotopic (exact) mass is 364 g/mol. The van der Waals surface area contributed by atoms with E-state index in [1.54, 1.807) is 0 Å². The first-order valence-electron chi connectivity index (χ1n) is 9.12. The van der Waals surface area contributed by atoms with Gasteiger partial charge in [-0.05, 0) is 42.9 Å². The van der Waals surface area contributed by atoms with Crippen molar-refractivity contribution in [3.63, 3.8) is 0 Å². The van der Waals surface area contributed by atoms with E-state index in [0.717, 1.165) is 31.3 Å². The highest BCUT2D eigenvalue weighted by Gasteiger charge is 2.25. The first-order valence-corrected chi connectivity index (χ1v) is 9.52. The van der Waals surface area contributed by atoms with E-state index in [1.807, 2.05) is 0 Å². The van der Waals surface area contributed by atoms with Gasteiger partial charge in [0.05, 0.1) is 0 Å². The zero-order chi connectivity index (χ0) is 17.9. The van der Waals surface area contributed by atoms with Crippen LogP contribution in [0.15, 0.2) is 60.8 Å². The Bertz CT molecular complexity index is 818. The highest BCUT2D eigenvalue weighted by atomic mass is 32.1. The van der Waals surface area contributed by atoms with Crippen molar-refractivity contribution >= 4 is 34.3 Å². The average molecular weight is 365 g/mol. The van der Waals surface area contributed by atoms with Crippen LogP contribution < -0.4 is 15.5 Å². The van der Waals surface area contributed by atoms with Crippen LogP contribution in [0.1, 0.15) is 12.5 Å². The fraction of sp³-hybridized carbons (Fsp3) is 0.286. The molecule has 2 aliphatic rings. The third kappa shape index (κ3) is 3.40. The van der Waals surface area contributed by atoms with Gasteiger partial charge in [-0.15, -0.1) is 0 Å². The fourth-order valence-corrected chi connectivity index (χ4v) is 4.03. The molecule has 2 aromatic rings. The molecule has 5 heteroatoms. The van der Waals surface area contributed by atoms with E-state index in [4.69, 9.17) is 12.2 Å². The molecule has 4 rings (SSSR count). The Morgan fingerprint density at radius 2 is 1.88 bits per heavy atom. The first kappa shape index (κ1) is 16.9. The number of para-hydroxylation sites is 2. The second-order valence-electron chi connectivity index (χ2n) is 6.84. The third-order valence-electron chi connectivity index (χ3n) is 5.12. The van der Waals surface area contributed by atoms with Crippen molar-refractivity contribution in [3.8, 4) is 0 Å². The summed E-state index contributed by atoms with van der Waals surface area (Å²) in [5.74, 6) is 0. The number of anilines is 2. The molecule has 4 nitrogen and oxygen atoms in total. The van der Waals surface area contributed by atoms with E-state index >= 15 is 0 Å². The van der Waals surface area contributed by atoms with Gasteiger partial charge in [0.2, 0.25) is 0 Å². The number of hydrogen-bond acceptors (Lipinski definition) is 3. The van der Waals surface area contributed by atoms with Gasteiger partial charge in [-0.25, -0.2) is 0 Å². The maximum Gasteiger partial charge on any atom is 0.173 e. The molecule has 1 saturated heterocycles. The van der Waals surface area contributed by atoms with E-state index in [2.05, 4.69) is 88.2 Å². The van der Waals surface area contributed by atoms with Crippen molar-refractivity contribution in [2.24, 2.45) is 0 Å². The number of nitrogens with zero attached hydrogens (tertiary/aromatic N) is 2. The molecule has 0 aromatic heterocycles. The quantitative estimate of drug-likeness (QED) is 0.796. The van der Waals surface area contributed by atoms with Crippen molar-refractivity contribution in [3.05, 3.63) is 66.4 Å². The van der Waals surface area contributed by atoms with Crippen LogP contribution in [-0.4, -0.2) is 42.2 Å². The minimum atomic E-state index is 0.372. The van der Waals surface area contributed by atoms with Crippen molar-refractivity contribution in [2.75, 3.05) is 36.4 Å². The zero-order valence-corrected chi connectivity index (χ0v) is 15.8. The summed E-state index contributed by atoms with van der Waals surface area (Å²) in [6.45, 7) is 5.97. The lowest BCUT2D eigenvalue weighted by Gasteiger charge is -2.42. The molecule has 26 heavy (non-hydrogen) atoms. The largest absolute Gasteiger partial charge is 0.380 e. The molecule has 0 aliphatic carbocycles. The summed E-state index contributed by atoms with van der Waals surface area (Å²) in [7, 11) is 0. The molecule has 2 aromatic carbocycles. The average Bonchev–Trinajstić information content (AvgIpc) is 3.10. The van der Waals surface area contributed by atoms with Gasteiger partial charge in [-0.2, -0.15) is 0 Å². The van der Waals surface area contributed by atoms with E-state index in [-0.39, 0.29) is 0 Å². The van der Waals surface area contributed by atoms with Crippen LogP contribution in [0, 0.1) is 0 Å². The van der Waals surface area contributed by atoms with Crippen LogP contribution in [0.2, 0.25) is 0 Å². The Kier molecular flexibility index (Phi) is 4.80. The molecule has 0 saturated carbocycles. The molecule has 0 radical (unpaired) electrons. The van der Waals surface area contributed by atoms with Crippen molar-refractivity contribution in [1.29, 1.82) is 0 Å². The maximum atomic E-state index is 5.67. The summed E-state index contributed by atoms with van der Waals surface area (Å²) in [5.41, 5.74) is 4.98. The Labute approximate surface area is 160 Å². The minimum Gasteiger partial charge on any atom is -0.380 e. The number of benzene rings is 2. The molecule has 1 fully saturated rings. The summed E-state index contributed by atoms with van der Waals surface area (Å²) in [5, 5.41) is 7.58. The Balaban J connectivity index is 1.38. The number of fused-ring (bicyclic) bond motifs is 1. The predicted octanol–water partition coefficient (Wildman–Crippen LogP) is 3.54. The lowest BCUT2D eigenvalue weighted by Crippen LogP contribution is -2.56. The molecule has 1 unspecified atom stereocenters. The molecule has 134 valence electrons. The van der Waals surface area contributed by atoms with Gasteiger partial charge < -0.3 is 20.4 Å². The van der Waals surface area contributed by atoms with Gasteiger partial charge in [-0.3, -0.25) is 0 Å². The van der Waals surface area contributed by atoms with Gasteiger partial charge in [0, 0.05) is 55.4 Å². The van der Waals surface area contributed by atoms with Crippen LogP contribution in [0.25, 0.3) is 5.57 Å². The number of nitrogens with one attached hydrogen (secondary N) is 2. The number of thiocarbonyl (C=S) groups is 1. The molecular formula is C21H24N4S. The van der Waals surface area contributed by atoms with E-state index in [1.165, 1.54) is 22.5 Å². The normalized spacial score (nSPS) is 20.7. The van der Waals surface area contributed by atoms with Crippen molar-refractivity contribution in [2.45, 2.75) is 13.0 Å². The molecule has 2 N–H and O–H groups in total. The van der Waals surface area contributed by atoms with Gasteiger partial charge in [0.1, 0.15) is 0 Å². The van der Waals surface area contributed by atoms with Crippen LogP contribution in [0.5, 0.6) is 0 Å². The lowest BCUT2D eigenvalue weighted by atomic mass is 10.1. The van der Waals surface area contributed by atoms with E-state index in [0.29, 0.717) is 6.04 Å². The van der Waals surface area contributed by atoms with Crippen LogP contribution in [0.3, 0.4) is 0 Å². The second-order valence-corrected chi connectivity index (χ2v) is 7.23. The number of hydrogen-bond donors (Lipinski definition) is 2. The Morgan fingerprint density at radius 3 is 2.69 bits per heavy atom. The fourth-order valence-electron chi connectivity index (χ4n) is 3.70. The number of rotatable bonds is 2. The molecule has 0 amide bonds. The highest BCUT2D eigenvalue weighted by molar-refractivity contribution is 7.80. The molecule has 0 bridgehead atoms. The summed E-state index contributed by atoms with van der Waals surface area (Å²) in [6.07, 6.45) is 2.05. The predicted molar refractivity (Wildman–Crippen MR) is 113 cm³/mol. The molecule has 0 spiro atoms. The van der Waals surface area contributed by atoms with E-state index in [9.17, 15) is 0 Å². The summed E-state index contributed by atoms with van der Waals surface area (Å²) in [4.78, 5) is 4.72. The van der Waals surface area contributed by atoms with Crippen LogP contribution in [0.4, 0.5) is 11.4 Å². The molecule has 2 heterocycles. The second kappa shape index (κ2) is 7.38. The van der Waals surface area contributed by atoms with Crippen molar-refractivity contribution in [1.82, 2.24) is 10.2 Å². The minimum absolute atomic E-state index is 0.372. The zero-order valence-electron chi connectivity index (χ0n) is 15.0. The van der Waals surface area contributed by atoms with Crippen molar-refractivity contribution < 1.29 is 0 Å². The SMILES string of the molecule is CC1CN(c2ccccc2)CCN1C(=S)N/C=C1/CNc2ccccc21. The van der Waals surface area contributed by atoms with Gasteiger partial charge in [0.15, 0.2) is 5.11 Å². The summed E-state index contributed by atoms with van der Waals surface area (Å²) >= 11 is 5.67. The molecule has 2 aliphatic heterocycles. The van der Waals surface area contributed by atoms with E-state index < -0.39 is 0 Å². The number of piperazine rings is 1. The smallest absolute Gasteiger partial charge is 0.173 e. The van der Waals surface area contributed by atoms with Crippen LogP contribution >= 0.6 is 12.2 Å². The summed E-state index contributed by atoms with van der Waals surface area (Å²) in [6, 6.07) is 19.4.